The number of benzene rings is 3. The number of amides is 1. The lowest BCUT2D eigenvalue weighted by molar-refractivity contribution is 0.0784. The Morgan fingerprint density at radius 1 is 0.885 bits per heavy atom. The van der Waals surface area contributed by atoms with Gasteiger partial charge in [-0.05, 0) is 28.8 Å². The van der Waals surface area contributed by atoms with Crippen molar-refractivity contribution in [2.75, 3.05) is 7.05 Å². The lowest BCUT2D eigenvalue weighted by Gasteiger charge is -2.20. The summed E-state index contributed by atoms with van der Waals surface area (Å²) in [6.45, 7) is 0.241. The highest BCUT2D eigenvalue weighted by Crippen LogP contribution is 2.25. The minimum atomic E-state index is -1.58. The number of halogens is 3. The number of carbonyl (C=O) groups excluding carboxylic acids is 1. The largest absolute Gasteiger partial charge is 0.337 e. The van der Waals surface area contributed by atoms with E-state index >= 15 is 0 Å². The second-order valence-electron chi connectivity index (χ2n) is 5.94. The van der Waals surface area contributed by atoms with Crippen LogP contribution in [0.5, 0.6) is 0 Å². The van der Waals surface area contributed by atoms with E-state index in [2.05, 4.69) is 0 Å². The zero-order chi connectivity index (χ0) is 18.7. The number of rotatable bonds is 4. The highest BCUT2D eigenvalue weighted by Gasteiger charge is 2.19. The summed E-state index contributed by atoms with van der Waals surface area (Å²) >= 11 is 0. The van der Waals surface area contributed by atoms with Crippen LogP contribution in [0.3, 0.4) is 0 Å². The monoisotopic (exact) mass is 355 g/mol. The van der Waals surface area contributed by atoms with Crippen LogP contribution in [0, 0.1) is 17.5 Å². The minimum absolute atomic E-state index is 0.235. The average molecular weight is 355 g/mol. The van der Waals surface area contributed by atoms with Crippen molar-refractivity contribution in [2.45, 2.75) is 6.54 Å². The highest BCUT2D eigenvalue weighted by atomic mass is 19.2. The van der Waals surface area contributed by atoms with Gasteiger partial charge in [-0.1, -0.05) is 54.6 Å². The standard InChI is InChI=1S/C21H16F3NO/c1-25(21(26)16-11-18(22)20(24)19(23)12-16)13-15-9-5-6-10-17(15)14-7-3-2-4-8-14/h2-12H,13H2,1H3. The van der Waals surface area contributed by atoms with Crippen LogP contribution < -0.4 is 0 Å². The second-order valence-corrected chi connectivity index (χ2v) is 5.94. The predicted molar refractivity (Wildman–Crippen MR) is 94.0 cm³/mol. The van der Waals surface area contributed by atoms with Gasteiger partial charge in [-0.3, -0.25) is 4.79 Å². The molecule has 0 saturated heterocycles. The van der Waals surface area contributed by atoms with E-state index in [1.165, 1.54) is 11.9 Å². The van der Waals surface area contributed by atoms with E-state index in [-0.39, 0.29) is 12.1 Å². The lowest BCUT2D eigenvalue weighted by Crippen LogP contribution is -2.26. The van der Waals surface area contributed by atoms with Gasteiger partial charge in [-0.25, -0.2) is 13.2 Å². The van der Waals surface area contributed by atoms with Gasteiger partial charge in [0.25, 0.3) is 5.91 Å². The van der Waals surface area contributed by atoms with E-state index in [1.54, 1.807) is 0 Å². The number of hydrogen-bond donors (Lipinski definition) is 0. The van der Waals surface area contributed by atoms with Crippen LogP contribution in [0.1, 0.15) is 15.9 Å². The van der Waals surface area contributed by atoms with E-state index < -0.39 is 23.4 Å². The fourth-order valence-corrected chi connectivity index (χ4v) is 2.78. The molecule has 0 heterocycles. The summed E-state index contributed by atoms with van der Waals surface area (Å²) < 4.78 is 39.9. The van der Waals surface area contributed by atoms with Crippen molar-refractivity contribution in [2.24, 2.45) is 0 Å². The third-order valence-electron chi connectivity index (χ3n) is 4.09. The first-order valence-corrected chi connectivity index (χ1v) is 8.00. The first kappa shape index (κ1) is 17.7. The van der Waals surface area contributed by atoms with Crippen LogP contribution in [0.2, 0.25) is 0 Å². The SMILES string of the molecule is CN(Cc1ccccc1-c1ccccc1)C(=O)c1cc(F)c(F)c(F)c1. The van der Waals surface area contributed by atoms with Crippen LogP contribution >= 0.6 is 0 Å². The zero-order valence-electron chi connectivity index (χ0n) is 14.0. The molecule has 0 unspecified atom stereocenters. The molecule has 0 aromatic heterocycles. The third kappa shape index (κ3) is 3.61. The Hall–Kier alpha value is -3.08. The van der Waals surface area contributed by atoms with E-state index in [9.17, 15) is 18.0 Å². The molecule has 3 aromatic rings. The van der Waals surface area contributed by atoms with Crippen molar-refractivity contribution in [1.82, 2.24) is 4.90 Å². The molecule has 3 aromatic carbocycles. The fraction of sp³-hybridized carbons (Fsp3) is 0.0952. The van der Waals surface area contributed by atoms with Gasteiger partial charge in [0.2, 0.25) is 0 Å². The van der Waals surface area contributed by atoms with Crippen molar-refractivity contribution in [3.05, 3.63) is 95.3 Å². The van der Waals surface area contributed by atoms with Crippen LogP contribution in [0.4, 0.5) is 13.2 Å². The van der Waals surface area contributed by atoms with Gasteiger partial charge in [0.15, 0.2) is 17.5 Å². The molecule has 2 nitrogen and oxygen atoms in total. The van der Waals surface area contributed by atoms with E-state index in [4.69, 9.17) is 0 Å². The molecule has 0 aliphatic heterocycles. The van der Waals surface area contributed by atoms with Crippen molar-refractivity contribution < 1.29 is 18.0 Å². The summed E-state index contributed by atoms with van der Waals surface area (Å²) in [5, 5.41) is 0. The molecule has 3 rings (SSSR count). The molecule has 0 N–H and O–H groups in total. The molecular weight excluding hydrogens is 339 g/mol. The maximum absolute atomic E-state index is 13.4. The molecule has 26 heavy (non-hydrogen) atoms. The van der Waals surface area contributed by atoms with Gasteiger partial charge in [0.1, 0.15) is 0 Å². The molecule has 0 fully saturated rings. The summed E-state index contributed by atoms with van der Waals surface area (Å²) in [5.41, 5.74) is 2.62. The Bertz CT molecular complexity index is 918. The summed E-state index contributed by atoms with van der Waals surface area (Å²) in [4.78, 5) is 13.8. The molecule has 0 radical (unpaired) electrons. The van der Waals surface area contributed by atoms with E-state index in [1.807, 2.05) is 54.6 Å². The maximum Gasteiger partial charge on any atom is 0.254 e. The Balaban J connectivity index is 1.87. The lowest BCUT2D eigenvalue weighted by atomic mass is 9.99. The number of nitrogens with zero attached hydrogens (tertiary/aromatic N) is 1. The zero-order valence-corrected chi connectivity index (χ0v) is 14.0. The van der Waals surface area contributed by atoms with Gasteiger partial charge in [0, 0.05) is 19.2 Å². The number of carbonyl (C=O) groups is 1. The Labute approximate surface area is 149 Å². The number of hydrogen-bond acceptors (Lipinski definition) is 1. The summed E-state index contributed by atoms with van der Waals surface area (Å²) in [7, 11) is 1.53. The summed E-state index contributed by atoms with van der Waals surface area (Å²) in [5.74, 6) is -4.94. The second kappa shape index (κ2) is 7.44. The quantitative estimate of drug-likeness (QED) is 0.600. The van der Waals surface area contributed by atoms with Gasteiger partial charge in [-0.2, -0.15) is 0 Å². The minimum Gasteiger partial charge on any atom is -0.337 e. The summed E-state index contributed by atoms with van der Waals surface area (Å²) in [6, 6.07) is 18.7. The highest BCUT2D eigenvalue weighted by molar-refractivity contribution is 5.94. The van der Waals surface area contributed by atoms with Crippen molar-refractivity contribution in [1.29, 1.82) is 0 Å². The molecule has 132 valence electrons. The van der Waals surface area contributed by atoms with Crippen molar-refractivity contribution >= 4 is 5.91 Å². The Kier molecular flexibility index (Phi) is 5.07. The first-order valence-electron chi connectivity index (χ1n) is 8.00. The molecule has 1 amide bonds. The van der Waals surface area contributed by atoms with Crippen molar-refractivity contribution in [3.63, 3.8) is 0 Å². The molecule has 0 spiro atoms. The molecule has 0 bridgehead atoms. The molecule has 5 heteroatoms. The van der Waals surface area contributed by atoms with E-state index in [0.29, 0.717) is 12.1 Å². The van der Waals surface area contributed by atoms with Crippen LogP contribution in [0.15, 0.2) is 66.7 Å². The first-order chi connectivity index (χ1) is 12.5. The van der Waals surface area contributed by atoms with Crippen molar-refractivity contribution in [3.8, 4) is 11.1 Å². The molecule has 0 saturated carbocycles. The molecule has 0 aliphatic carbocycles. The third-order valence-corrected chi connectivity index (χ3v) is 4.09. The van der Waals surface area contributed by atoms with E-state index in [0.717, 1.165) is 16.7 Å². The average Bonchev–Trinajstić information content (AvgIpc) is 2.66. The van der Waals surface area contributed by atoms with Gasteiger partial charge < -0.3 is 4.90 Å². The van der Waals surface area contributed by atoms with Gasteiger partial charge >= 0.3 is 0 Å². The molecule has 0 atom stereocenters. The van der Waals surface area contributed by atoms with Gasteiger partial charge in [-0.15, -0.1) is 0 Å². The Morgan fingerprint density at radius 2 is 1.46 bits per heavy atom. The maximum atomic E-state index is 13.4. The molecular formula is C21H16F3NO. The molecule has 0 aliphatic rings. The normalized spacial score (nSPS) is 10.6. The van der Waals surface area contributed by atoms with Gasteiger partial charge in [0.05, 0.1) is 0 Å². The van der Waals surface area contributed by atoms with Crippen LogP contribution in [0.25, 0.3) is 11.1 Å². The van der Waals surface area contributed by atoms with Crippen LogP contribution in [-0.2, 0) is 6.54 Å². The topological polar surface area (TPSA) is 20.3 Å². The summed E-state index contributed by atoms with van der Waals surface area (Å²) in [6.07, 6.45) is 0. The smallest absolute Gasteiger partial charge is 0.254 e. The Morgan fingerprint density at radius 3 is 2.12 bits per heavy atom. The fourth-order valence-electron chi connectivity index (χ4n) is 2.78. The van der Waals surface area contributed by atoms with Crippen LogP contribution in [-0.4, -0.2) is 17.9 Å². The predicted octanol–water partition coefficient (Wildman–Crippen LogP) is 5.04.